The lowest BCUT2D eigenvalue weighted by Crippen LogP contribution is -3.00. The summed E-state index contributed by atoms with van der Waals surface area (Å²) in [5.74, 6) is 1.68. The van der Waals surface area contributed by atoms with Crippen LogP contribution in [0.4, 0.5) is 0 Å². The van der Waals surface area contributed by atoms with Gasteiger partial charge in [-0.15, -0.1) is 0 Å². The van der Waals surface area contributed by atoms with Crippen LogP contribution >= 0.6 is 23.2 Å². The van der Waals surface area contributed by atoms with Crippen molar-refractivity contribution in [1.29, 1.82) is 0 Å². The summed E-state index contributed by atoms with van der Waals surface area (Å²) < 4.78 is 0. The number of alkyl halides is 1. The fraction of sp³-hybridized carbons (Fsp3) is 1.00. The minimum absolute atomic E-state index is 0. The van der Waals surface area contributed by atoms with Crippen LogP contribution in [-0.2, 0) is 0 Å². The Balaban J connectivity index is 0.00000256. The molecule has 1 aliphatic heterocycles. The summed E-state index contributed by atoms with van der Waals surface area (Å²) in [6, 6.07) is 0. The third-order valence-corrected chi connectivity index (χ3v) is 14.4. The number of hydrogen-bond acceptors (Lipinski definition) is 0. The Bertz CT molecular complexity index is 198. The molecular weight excluding hydrogens is 375 g/mol. The zero-order chi connectivity index (χ0) is 12.1. The van der Waals surface area contributed by atoms with Crippen LogP contribution in [-0.4, -0.2) is 37.7 Å². The minimum Gasteiger partial charge on any atom is -1.00 e. The van der Waals surface area contributed by atoms with Crippen molar-refractivity contribution in [3.05, 3.63) is 0 Å². The molecule has 0 saturated carbocycles. The highest BCUT2D eigenvalue weighted by Gasteiger charge is 2.41. The Morgan fingerprint density at radius 3 is 2.06 bits per heavy atom. The first-order chi connectivity index (χ1) is 7.47. The van der Waals surface area contributed by atoms with E-state index in [1.165, 1.54) is 24.6 Å². The predicted octanol–water partition coefficient (Wildman–Crippen LogP) is 2.24. The lowest BCUT2D eigenvalue weighted by Gasteiger charge is -2.35. The first kappa shape index (κ1) is 18.6. The second-order valence-corrected chi connectivity index (χ2v) is 17.9. The summed E-state index contributed by atoms with van der Waals surface area (Å²) >= 11 is 3.57. The third-order valence-electron chi connectivity index (χ3n) is 3.59. The van der Waals surface area contributed by atoms with Crippen LogP contribution in [0.1, 0.15) is 32.1 Å². The molecule has 0 aliphatic carbocycles. The van der Waals surface area contributed by atoms with Gasteiger partial charge in [0.2, 0.25) is 0 Å². The van der Waals surface area contributed by atoms with Crippen LogP contribution in [0, 0.1) is 0 Å². The molecule has 1 aliphatic rings. The molecule has 0 aromatic heterocycles. The molecule has 1 heterocycles. The van der Waals surface area contributed by atoms with Crippen molar-refractivity contribution in [2.45, 2.75) is 51.7 Å². The summed E-state index contributed by atoms with van der Waals surface area (Å²) in [6.45, 7) is 7.73. The first-order valence-corrected chi connectivity index (χ1v) is 14.2. The molecule has 0 bridgehead atoms. The van der Waals surface area contributed by atoms with Crippen molar-refractivity contribution in [3.63, 3.8) is 0 Å². The average Bonchev–Trinajstić information content (AvgIpc) is 2.16. The van der Waals surface area contributed by atoms with Crippen LogP contribution in [0.5, 0.6) is 0 Å². The molecule has 4 heteroatoms. The molecular formula is C13H29Br2PSi. The van der Waals surface area contributed by atoms with E-state index in [0.717, 1.165) is 0 Å². The lowest BCUT2D eigenvalue weighted by molar-refractivity contribution is -0.00000379. The van der Waals surface area contributed by atoms with Crippen LogP contribution in [0.15, 0.2) is 0 Å². The van der Waals surface area contributed by atoms with Gasteiger partial charge >= 0.3 is 0 Å². The summed E-state index contributed by atoms with van der Waals surface area (Å²) in [5.41, 5.74) is 0. The Labute approximate surface area is 129 Å². The molecule has 1 saturated heterocycles. The van der Waals surface area contributed by atoms with Gasteiger partial charge in [-0.3, -0.25) is 0 Å². The lowest BCUT2D eigenvalue weighted by atomic mass is 10.3. The number of halogens is 2. The molecule has 0 radical (unpaired) electrons. The molecule has 0 nitrogen and oxygen atoms in total. The molecule has 1 rings (SSSR count). The zero-order valence-corrected chi connectivity index (χ0v) is 16.8. The molecule has 0 aromatic carbocycles. The maximum atomic E-state index is 3.57. The minimum atomic E-state index is -0.839. The second-order valence-electron chi connectivity index (χ2n) is 6.69. The quantitative estimate of drug-likeness (QED) is 0.276. The van der Waals surface area contributed by atoms with E-state index in [2.05, 4.69) is 35.6 Å². The van der Waals surface area contributed by atoms with E-state index in [4.69, 9.17) is 0 Å². The van der Waals surface area contributed by atoms with Crippen molar-refractivity contribution in [2.24, 2.45) is 0 Å². The van der Waals surface area contributed by atoms with Crippen molar-refractivity contribution in [1.82, 2.24) is 0 Å². The van der Waals surface area contributed by atoms with E-state index in [9.17, 15) is 0 Å². The predicted molar refractivity (Wildman–Crippen MR) is 86.6 cm³/mol. The Hall–Kier alpha value is 1.61. The maximum absolute atomic E-state index is 3.57. The van der Waals surface area contributed by atoms with Gasteiger partial charge in [-0.05, 0) is 32.1 Å². The van der Waals surface area contributed by atoms with E-state index < -0.39 is 15.3 Å². The van der Waals surface area contributed by atoms with E-state index in [0.29, 0.717) is 0 Å². The topological polar surface area (TPSA) is 0 Å². The van der Waals surface area contributed by atoms with Crippen LogP contribution < -0.4 is 17.0 Å². The van der Waals surface area contributed by atoms with Crippen molar-refractivity contribution < 1.29 is 17.0 Å². The summed E-state index contributed by atoms with van der Waals surface area (Å²) in [6.07, 6.45) is 12.4. The standard InChI is InChI=1S/C13H29BrPSi.BrH/c1-16(2,3)13-15(12-8-5-9-14)10-6-4-7-11-15;/h4-13H2,1-3H3;1H/q+1;/p-1. The zero-order valence-electron chi connectivity index (χ0n) is 11.8. The van der Waals surface area contributed by atoms with Crippen LogP contribution in [0.3, 0.4) is 0 Å². The van der Waals surface area contributed by atoms with E-state index >= 15 is 0 Å². The first-order valence-electron chi connectivity index (χ1n) is 6.89. The Morgan fingerprint density at radius 2 is 1.59 bits per heavy atom. The van der Waals surface area contributed by atoms with Gasteiger partial charge < -0.3 is 17.0 Å². The fourth-order valence-electron chi connectivity index (χ4n) is 3.19. The average molecular weight is 404 g/mol. The van der Waals surface area contributed by atoms with Gasteiger partial charge in [-0.25, -0.2) is 0 Å². The highest BCUT2D eigenvalue weighted by molar-refractivity contribution is 9.09. The molecule has 17 heavy (non-hydrogen) atoms. The highest BCUT2D eigenvalue weighted by atomic mass is 79.9. The van der Waals surface area contributed by atoms with Crippen molar-refractivity contribution in [2.75, 3.05) is 29.6 Å². The van der Waals surface area contributed by atoms with Crippen LogP contribution in [0.25, 0.3) is 0 Å². The van der Waals surface area contributed by atoms with Gasteiger partial charge in [-0.1, -0.05) is 35.6 Å². The van der Waals surface area contributed by atoms with E-state index in [1.54, 1.807) is 37.1 Å². The number of rotatable bonds is 6. The van der Waals surface area contributed by atoms with Gasteiger partial charge in [0.25, 0.3) is 0 Å². The summed E-state index contributed by atoms with van der Waals surface area (Å²) in [5, 5.41) is 1.21. The Kier molecular flexibility index (Phi) is 9.54. The van der Waals surface area contributed by atoms with Gasteiger partial charge in [0.05, 0.1) is 26.6 Å². The monoisotopic (exact) mass is 402 g/mol. The van der Waals surface area contributed by atoms with Gasteiger partial charge in [0, 0.05) is 18.4 Å². The fourth-order valence-corrected chi connectivity index (χ4v) is 16.9. The van der Waals surface area contributed by atoms with Gasteiger partial charge in [0.15, 0.2) is 0 Å². The Morgan fingerprint density at radius 1 is 1.00 bits per heavy atom. The molecule has 0 N–H and O–H groups in total. The van der Waals surface area contributed by atoms with Gasteiger partial charge in [0.1, 0.15) is 0 Å². The molecule has 1 fully saturated rings. The largest absolute Gasteiger partial charge is 1.00 e. The molecule has 104 valence electrons. The SMILES string of the molecule is C[Si](C)(C)C[P+]1(CCCCBr)CCCCC1.[Br-]. The van der Waals surface area contributed by atoms with E-state index in [1.807, 2.05) is 0 Å². The van der Waals surface area contributed by atoms with E-state index in [-0.39, 0.29) is 17.0 Å². The molecule has 0 spiro atoms. The number of unbranched alkanes of at least 4 members (excludes halogenated alkanes) is 1. The normalized spacial score (nSPS) is 19.8. The second kappa shape index (κ2) is 8.71. The molecule has 0 aromatic rings. The maximum Gasteiger partial charge on any atom is 0.0888 e. The molecule has 0 atom stereocenters. The summed E-state index contributed by atoms with van der Waals surface area (Å²) in [4.78, 5) is 0. The highest BCUT2D eigenvalue weighted by Crippen LogP contribution is 2.63. The third kappa shape index (κ3) is 7.70. The smallest absolute Gasteiger partial charge is 0.0888 e. The molecule has 0 unspecified atom stereocenters. The summed E-state index contributed by atoms with van der Waals surface area (Å²) in [7, 11) is -1.34. The number of hydrogen-bond donors (Lipinski definition) is 0. The van der Waals surface area contributed by atoms with Crippen LogP contribution in [0.2, 0.25) is 19.6 Å². The van der Waals surface area contributed by atoms with Crippen molar-refractivity contribution >= 4 is 31.3 Å². The molecule has 0 amide bonds. The van der Waals surface area contributed by atoms with Gasteiger partial charge in [-0.2, -0.15) is 0 Å². The van der Waals surface area contributed by atoms with Crippen molar-refractivity contribution in [3.8, 4) is 0 Å².